The van der Waals surface area contributed by atoms with E-state index in [1.165, 1.54) is 38.6 Å². The fourth-order valence-corrected chi connectivity index (χ4v) is 3.73. The molecule has 0 bridgehead atoms. The molecule has 2 fully saturated rings. The van der Waals surface area contributed by atoms with Crippen molar-refractivity contribution in [3.8, 4) is 0 Å². The normalized spacial score (nSPS) is 37.8. The van der Waals surface area contributed by atoms with Crippen molar-refractivity contribution in [3.63, 3.8) is 0 Å². The first-order valence-corrected chi connectivity index (χ1v) is 7.79. The van der Waals surface area contributed by atoms with Crippen LogP contribution in [0.25, 0.3) is 0 Å². The molecule has 0 amide bonds. The zero-order valence-corrected chi connectivity index (χ0v) is 12.2. The maximum atomic E-state index is 3.70. The summed E-state index contributed by atoms with van der Waals surface area (Å²) >= 11 is 0. The van der Waals surface area contributed by atoms with Crippen molar-refractivity contribution in [1.29, 1.82) is 0 Å². The molecular weight excluding hydrogens is 206 g/mol. The highest BCUT2D eigenvalue weighted by atomic mass is 14.9. The summed E-state index contributed by atoms with van der Waals surface area (Å²) in [6.45, 7) is 11.1. The summed E-state index contributed by atoms with van der Waals surface area (Å²) in [5.41, 5.74) is 0. The Bertz CT molecular complexity index is 224. The van der Waals surface area contributed by atoms with Crippen LogP contribution in [-0.4, -0.2) is 12.6 Å². The van der Waals surface area contributed by atoms with E-state index in [0.29, 0.717) is 0 Å². The van der Waals surface area contributed by atoms with Gasteiger partial charge in [0, 0.05) is 6.04 Å². The Labute approximate surface area is 108 Å². The van der Waals surface area contributed by atoms with Gasteiger partial charge in [-0.3, -0.25) is 0 Å². The summed E-state index contributed by atoms with van der Waals surface area (Å²) < 4.78 is 0. The Morgan fingerprint density at radius 1 is 1.00 bits per heavy atom. The average molecular weight is 237 g/mol. The molecule has 1 nitrogen and oxygen atoms in total. The van der Waals surface area contributed by atoms with Crippen LogP contribution >= 0.6 is 0 Å². The first-order chi connectivity index (χ1) is 8.06. The van der Waals surface area contributed by atoms with Crippen LogP contribution in [0.5, 0.6) is 0 Å². The van der Waals surface area contributed by atoms with E-state index in [9.17, 15) is 0 Å². The second kappa shape index (κ2) is 5.73. The molecule has 0 saturated heterocycles. The van der Waals surface area contributed by atoms with E-state index in [1.54, 1.807) is 0 Å². The fourth-order valence-electron chi connectivity index (χ4n) is 3.73. The Morgan fingerprint density at radius 2 is 1.59 bits per heavy atom. The van der Waals surface area contributed by atoms with Crippen LogP contribution in [0.3, 0.4) is 0 Å². The summed E-state index contributed by atoms with van der Waals surface area (Å²) in [5, 5.41) is 3.70. The standard InChI is InChI=1S/C16H31N/c1-11-7-12(2)9-15(8-11)14(4)13(3)10-17-16-5-6-16/h11-17H,5-10H2,1-4H3. The largest absolute Gasteiger partial charge is 0.314 e. The topological polar surface area (TPSA) is 12.0 Å². The first-order valence-electron chi connectivity index (χ1n) is 7.79. The second-order valence-corrected chi connectivity index (χ2v) is 7.20. The van der Waals surface area contributed by atoms with Gasteiger partial charge in [-0.2, -0.15) is 0 Å². The van der Waals surface area contributed by atoms with Crippen LogP contribution in [0, 0.1) is 29.6 Å². The van der Waals surface area contributed by atoms with Crippen molar-refractivity contribution >= 4 is 0 Å². The molecule has 100 valence electrons. The van der Waals surface area contributed by atoms with E-state index in [4.69, 9.17) is 0 Å². The molecule has 0 aromatic rings. The lowest BCUT2D eigenvalue weighted by Crippen LogP contribution is -2.33. The SMILES string of the molecule is CC1CC(C)CC(C(C)C(C)CNC2CC2)C1. The highest BCUT2D eigenvalue weighted by Gasteiger charge is 2.31. The fraction of sp³-hybridized carbons (Fsp3) is 1.00. The van der Waals surface area contributed by atoms with Gasteiger partial charge in [0.1, 0.15) is 0 Å². The van der Waals surface area contributed by atoms with E-state index in [0.717, 1.165) is 35.6 Å². The smallest absolute Gasteiger partial charge is 0.00683 e. The molecule has 1 heteroatoms. The monoisotopic (exact) mass is 237 g/mol. The van der Waals surface area contributed by atoms with Gasteiger partial charge >= 0.3 is 0 Å². The zero-order chi connectivity index (χ0) is 12.4. The van der Waals surface area contributed by atoms with Crippen LogP contribution in [-0.2, 0) is 0 Å². The molecule has 0 spiro atoms. The molecule has 4 unspecified atom stereocenters. The minimum absolute atomic E-state index is 0.845. The lowest BCUT2D eigenvalue weighted by Gasteiger charge is -2.37. The Balaban J connectivity index is 1.77. The van der Waals surface area contributed by atoms with Crippen LogP contribution < -0.4 is 5.32 Å². The molecule has 0 aliphatic heterocycles. The van der Waals surface area contributed by atoms with E-state index in [1.807, 2.05) is 0 Å². The molecule has 4 atom stereocenters. The number of nitrogens with one attached hydrogen (secondary N) is 1. The van der Waals surface area contributed by atoms with Gasteiger partial charge < -0.3 is 5.32 Å². The van der Waals surface area contributed by atoms with Crippen LogP contribution in [0.1, 0.15) is 59.8 Å². The number of hydrogen-bond donors (Lipinski definition) is 1. The molecule has 1 N–H and O–H groups in total. The first kappa shape index (κ1) is 13.4. The molecule has 0 aromatic carbocycles. The summed E-state index contributed by atoms with van der Waals surface area (Å²) in [4.78, 5) is 0. The third kappa shape index (κ3) is 3.98. The van der Waals surface area contributed by atoms with Gasteiger partial charge in [0.25, 0.3) is 0 Å². The van der Waals surface area contributed by atoms with E-state index in [2.05, 4.69) is 33.0 Å². The third-order valence-electron chi connectivity index (χ3n) is 5.16. The molecule has 0 aromatic heterocycles. The molecule has 2 aliphatic carbocycles. The predicted molar refractivity (Wildman–Crippen MR) is 75.0 cm³/mol. The third-order valence-corrected chi connectivity index (χ3v) is 5.16. The zero-order valence-electron chi connectivity index (χ0n) is 12.2. The van der Waals surface area contributed by atoms with Gasteiger partial charge in [0.05, 0.1) is 0 Å². The summed E-state index contributed by atoms with van der Waals surface area (Å²) in [6, 6.07) is 0.869. The Hall–Kier alpha value is -0.0400. The highest BCUT2D eigenvalue weighted by Crippen LogP contribution is 2.39. The van der Waals surface area contributed by atoms with Gasteiger partial charge in [-0.1, -0.05) is 27.7 Å². The van der Waals surface area contributed by atoms with Crippen molar-refractivity contribution < 1.29 is 0 Å². The maximum absolute atomic E-state index is 3.70. The highest BCUT2D eigenvalue weighted by molar-refractivity contribution is 4.84. The van der Waals surface area contributed by atoms with Gasteiger partial charge in [0.15, 0.2) is 0 Å². The quantitative estimate of drug-likeness (QED) is 0.759. The lowest BCUT2D eigenvalue weighted by atomic mass is 9.69. The molecule has 2 rings (SSSR count). The Kier molecular flexibility index (Phi) is 4.52. The van der Waals surface area contributed by atoms with Gasteiger partial charge in [-0.15, -0.1) is 0 Å². The van der Waals surface area contributed by atoms with Gasteiger partial charge in [0.2, 0.25) is 0 Å². The van der Waals surface area contributed by atoms with Crippen molar-refractivity contribution in [3.05, 3.63) is 0 Å². The lowest BCUT2D eigenvalue weighted by molar-refractivity contribution is 0.135. The summed E-state index contributed by atoms with van der Waals surface area (Å²) in [6.07, 6.45) is 7.23. The second-order valence-electron chi connectivity index (χ2n) is 7.20. The molecular formula is C16H31N. The van der Waals surface area contributed by atoms with Crippen LogP contribution in [0.2, 0.25) is 0 Å². The number of rotatable bonds is 5. The van der Waals surface area contributed by atoms with Crippen LogP contribution in [0.4, 0.5) is 0 Å². The summed E-state index contributed by atoms with van der Waals surface area (Å²) in [5.74, 6) is 4.62. The van der Waals surface area contributed by atoms with Crippen molar-refractivity contribution in [2.75, 3.05) is 6.54 Å². The molecule has 2 aliphatic rings. The van der Waals surface area contributed by atoms with Crippen molar-refractivity contribution in [2.45, 2.75) is 65.8 Å². The van der Waals surface area contributed by atoms with Crippen molar-refractivity contribution in [1.82, 2.24) is 5.32 Å². The molecule has 2 saturated carbocycles. The maximum Gasteiger partial charge on any atom is 0.00683 e. The van der Waals surface area contributed by atoms with Gasteiger partial charge in [-0.25, -0.2) is 0 Å². The minimum atomic E-state index is 0.845. The molecule has 17 heavy (non-hydrogen) atoms. The van der Waals surface area contributed by atoms with E-state index < -0.39 is 0 Å². The minimum Gasteiger partial charge on any atom is -0.314 e. The van der Waals surface area contributed by atoms with Crippen molar-refractivity contribution in [2.24, 2.45) is 29.6 Å². The average Bonchev–Trinajstić information content (AvgIpc) is 3.07. The van der Waals surface area contributed by atoms with Crippen LogP contribution in [0.15, 0.2) is 0 Å². The summed E-state index contributed by atoms with van der Waals surface area (Å²) in [7, 11) is 0. The van der Waals surface area contributed by atoms with E-state index in [-0.39, 0.29) is 0 Å². The molecule has 0 radical (unpaired) electrons. The van der Waals surface area contributed by atoms with E-state index >= 15 is 0 Å². The Morgan fingerprint density at radius 3 is 2.12 bits per heavy atom. The van der Waals surface area contributed by atoms with Gasteiger partial charge in [-0.05, 0) is 68.2 Å². The number of hydrogen-bond acceptors (Lipinski definition) is 1. The molecule has 0 heterocycles. The predicted octanol–water partition coefficient (Wildman–Crippen LogP) is 4.08.